The Morgan fingerprint density at radius 3 is 2.72 bits per heavy atom. The van der Waals surface area contributed by atoms with Gasteiger partial charge in [-0.1, -0.05) is 29.3 Å². The fourth-order valence-electron chi connectivity index (χ4n) is 3.29. The first-order valence-corrected chi connectivity index (χ1v) is 8.07. The number of nitrogens with zero attached hydrogens (tertiary/aromatic N) is 1. The Kier molecular flexibility index (Phi) is 4.37. The molecule has 2 aliphatic rings. The van der Waals surface area contributed by atoms with Gasteiger partial charge in [-0.3, -0.25) is 4.79 Å². The molecule has 0 spiro atoms. The molecule has 1 saturated heterocycles. The molecule has 0 bridgehead atoms. The first-order valence-electron chi connectivity index (χ1n) is 6.95. The monoisotopic (exact) mass is 317 g/mol. The lowest BCUT2D eigenvalue weighted by Crippen LogP contribution is -2.56. The van der Waals surface area contributed by atoms with E-state index in [0.29, 0.717) is 11.8 Å². The second-order valence-corrected chi connectivity index (χ2v) is 7.03. The predicted octanol–water partition coefficient (Wildman–Crippen LogP) is 2.82. The fourth-order valence-corrected chi connectivity index (χ4v) is 3.63. The quantitative estimate of drug-likeness (QED) is 0.733. The second kappa shape index (κ2) is 5.49. The number of carbonyl (C=O) groups is 1. The van der Waals surface area contributed by atoms with Gasteiger partial charge in [0.2, 0.25) is 5.91 Å². The highest BCUT2D eigenvalue weighted by Crippen LogP contribution is 2.34. The smallest absolute Gasteiger partial charge is 0.226 e. The Hall–Kier alpha value is -0.0900. The summed E-state index contributed by atoms with van der Waals surface area (Å²) in [5, 5.41) is 0.792. The van der Waals surface area contributed by atoms with Crippen LogP contribution in [0.4, 0.5) is 0 Å². The molecule has 3 nitrogen and oxygen atoms in total. The van der Waals surface area contributed by atoms with Gasteiger partial charge in [-0.05, 0) is 32.6 Å². The van der Waals surface area contributed by atoms with Crippen LogP contribution in [0, 0.1) is 11.8 Å². The number of alkyl halides is 1. The molecule has 104 valence electrons. The van der Waals surface area contributed by atoms with Crippen LogP contribution in [0.25, 0.3) is 0 Å². The normalized spacial score (nSPS) is 35.8. The van der Waals surface area contributed by atoms with Crippen molar-refractivity contribution in [2.75, 3.05) is 18.4 Å². The maximum atomic E-state index is 12.6. The Morgan fingerprint density at radius 2 is 2.17 bits per heavy atom. The highest BCUT2D eigenvalue weighted by molar-refractivity contribution is 9.09. The first kappa shape index (κ1) is 14.3. The van der Waals surface area contributed by atoms with Crippen molar-refractivity contribution >= 4 is 21.8 Å². The highest BCUT2D eigenvalue weighted by Gasteiger charge is 2.39. The molecule has 0 radical (unpaired) electrons. The van der Waals surface area contributed by atoms with Gasteiger partial charge < -0.3 is 9.64 Å². The van der Waals surface area contributed by atoms with E-state index in [0.717, 1.165) is 24.8 Å². The third-order valence-corrected chi connectivity index (χ3v) is 4.87. The van der Waals surface area contributed by atoms with Crippen molar-refractivity contribution < 1.29 is 9.53 Å². The second-order valence-electron chi connectivity index (χ2n) is 6.39. The third-order valence-electron chi connectivity index (χ3n) is 4.14. The Morgan fingerprint density at radius 1 is 1.44 bits per heavy atom. The summed E-state index contributed by atoms with van der Waals surface area (Å²) in [6, 6.07) is 0. The van der Waals surface area contributed by atoms with E-state index in [1.807, 2.05) is 4.90 Å². The number of morpholine rings is 1. The summed E-state index contributed by atoms with van der Waals surface area (Å²) in [7, 11) is 0. The van der Waals surface area contributed by atoms with E-state index in [9.17, 15) is 4.79 Å². The first-order chi connectivity index (χ1) is 8.43. The lowest BCUT2D eigenvalue weighted by molar-refractivity contribution is -0.161. The third kappa shape index (κ3) is 3.08. The predicted molar refractivity (Wildman–Crippen MR) is 75.8 cm³/mol. The minimum atomic E-state index is -0.228. The summed E-state index contributed by atoms with van der Waals surface area (Å²) in [5.74, 6) is 1.14. The number of rotatable bonds is 2. The lowest BCUT2D eigenvalue weighted by atomic mass is 9.95. The van der Waals surface area contributed by atoms with E-state index in [1.54, 1.807) is 0 Å². The van der Waals surface area contributed by atoms with Crippen molar-refractivity contribution in [1.82, 2.24) is 4.90 Å². The number of halogens is 1. The van der Waals surface area contributed by atoms with Crippen molar-refractivity contribution in [1.29, 1.82) is 0 Å². The summed E-state index contributed by atoms with van der Waals surface area (Å²) < 4.78 is 5.95. The van der Waals surface area contributed by atoms with E-state index in [1.165, 1.54) is 12.8 Å². The minimum Gasteiger partial charge on any atom is -0.368 e. The zero-order chi connectivity index (χ0) is 13.3. The van der Waals surface area contributed by atoms with E-state index in [4.69, 9.17) is 4.74 Å². The fraction of sp³-hybridized carbons (Fsp3) is 0.929. The molecule has 0 aromatic heterocycles. The van der Waals surface area contributed by atoms with Gasteiger partial charge in [-0.2, -0.15) is 0 Å². The zero-order valence-electron chi connectivity index (χ0n) is 11.6. The van der Waals surface area contributed by atoms with Crippen molar-refractivity contribution in [3.8, 4) is 0 Å². The van der Waals surface area contributed by atoms with E-state index < -0.39 is 0 Å². The van der Waals surface area contributed by atoms with Gasteiger partial charge in [0, 0.05) is 24.3 Å². The Labute approximate surface area is 118 Å². The van der Waals surface area contributed by atoms with E-state index in [2.05, 4.69) is 36.7 Å². The van der Waals surface area contributed by atoms with Crippen LogP contribution < -0.4 is 0 Å². The number of amides is 1. The molecule has 1 heterocycles. The van der Waals surface area contributed by atoms with E-state index >= 15 is 0 Å². The molecule has 2 rings (SSSR count). The highest BCUT2D eigenvalue weighted by atomic mass is 79.9. The Balaban J connectivity index is 2.05. The van der Waals surface area contributed by atoms with Crippen LogP contribution >= 0.6 is 15.9 Å². The largest absolute Gasteiger partial charge is 0.368 e. The molecule has 0 aromatic rings. The summed E-state index contributed by atoms with van der Waals surface area (Å²) in [6.07, 6.45) is 3.59. The topological polar surface area (TPSA) is 29.5 Å². The van der Waals surface area contributed by atoms with Crippen LogP contribution in [0.5, 0.6) is 0 Å². The maximum absolute atomic E-state index is 12.6. The number of ether oxygens (including phenoxy) is 1. The minimum absolute atomic E-state index is 0.120. The summed E-state index contributed by atoms with van der Waals surface area (Å²) in [5.41, 5.74) is -0.228. The molecule has 0 N–H and O–H groups in total. The lowest BCUT2D eigenvalue weighted by Gasteiger charge is -2.43. The number of carbonyl (C=O) groups excluding carboxylic acids is 1. The van der Waals surface area contributed by atoms with Gasteiger partial charge in [0.15, 0.2) is 0 Å². The standard InChI is InChI=1S/C14H24BrNO2/c1-10-5-4-6-12(10)13(17)16-8-11(7-15)18-14(2,3)9-16/h10-12H,4-9H2,1-3H3. The van der Waals surface area contributed by atoms with Crippen molar-refractivity contribution in [3.05, 3.63) is 0 Å². The van der Waals surface area contributed by atoms with Gasteiger partial charge in [-0.15, -0.1) is 0 Å². The van der Waals surface area contributed by atoms with Crippen LogP contribution in [0.15, 0.2) is 0 Å². The molecular weight excluding hydrogens is 294 g/mol. The SMILES string of the molecule is CC1CCCC1C(=O)N1CC(CBr)OC(C)(C)C1. The molecule has 4 heteroatoms. The maximum Gasteiger partial charge on any atom is 0.226 e. The van der Waals surface area contributed by atoms with Gasteiger partial charge in [-0.25, -0.2) is 0 Å². The van der Waals surface area contributed by atoms with Crippen LogP contribution in [-0.4, -0.2) is 40.9 Å². The molecule has 3 unspecified atom stereocenters. The average molecular weight is 318 g/mol. The molecule has 3 atom stereocenters. The molecule has 2 fully saturated rings. The van der Waals surface area contributed by atoms with Crippen LogP contribution in [0.2, 0.25) is 0 Å². The molecule has 1 aliphatic carbocycles. The van der Waals surface area contributed by atoms with Gasteiger partial charge in [0.05, 0.1) is 11.7 Å². The van der Waals surface area contributed by atoms with Gasteiger partial charge in [0.25, 0.3) is 0 Å². The number of hydrogen-bond acceptors (Lipinski definition) is 2. The molecule has 0 aromatic carbocycles. The van der Waals surface area contributed by atoms with Crippen LogP contribution in [0.1, 0.15) is 40.0 Å². The summed E-state index contributed by atoms with van der Waals surface area (Å²) in [4.78, 5) is 14.6. The molecule has 1 amide bonds. The van der Waals surface area contributed by atoms with Gasteiger partial charge in [0.1, 0.15) is 0 Å². The zero-order valence-corrected chi connectivity index (χ0v) is 13.2. The van der Waals surface area contributed by atoms with Crippen molar-refractivity contribution in [2.45, 2.75) is 51.7 Å². The van der Waals surface area contributed by atoms with Crippen molar-refractivity contribution in [2.24, 2.45) is 11.8 Å². The van der Waals surface area contributed by atoms with Crippen LogP contribution in [0.3, 0.4) is 0 Å². The van der Waals surface area contributed by atoms with Crippen molar-refractivity contribution in [3.63, 3.8) is 0 Å². The molecule has 18 heavy (non-hydrogen) atoms. The van der Waals surface area contributed by atoms with Crippen LogP contribution in [-0.2, 0) is 9.53 Å². The average Bonchev–Trinajstić information content (AvgIpc) is 2.72. The Bertz CT molecular complexity index is 319. The van der Waals surface area contributed by atoms with Gasteiger partial charge >= 0.3 is 0 Å². The molecular formula is C14H24BrNO2. The summed E-state index contributed by atoms with van der Waals surface area (Å²) in [6.45, 7) is 7.80. The summed E-state index contributed by atoms with van der Waals surface area (Å²) >= 11 is 3.47. The molecule has 1 saturated carbocycles. The molecule has 1 aliphatic heterocycles. The number of hydrogen-bond donors (Lipinski definition) is 0. The van der Waals surface area contributed by atoms with E-state index in [-0.39, 0.29) is 17.6 Å².